The molecule has 13 nitrogen and oxygen atoms in total. The van der Waals surface area contributed by atoms with Crippen LogP contribution in [0.15, 0.2) is 35.7 Å². The number of hydrogen-bond acceptors (Lipinski definition) is 10. The number of halogens is 4. The van der Waals surface area contributed by atoms with Crippen LogP contribution in [0.1, 0.15) is 57.6 Å². The SMILES string of the molecule is COc1ccc2c(OCC[C@@H]3NC(=O)N(C)CCCCC=C[C@@H]4C[C@@]4(C(=O)NS(=O)(=O)C4(C)CC4)NC3=O)cc(-c3nc(C(F)(F)F)cs3)nc2c1Cl. The standard InChI is InChI=1S/C34H38ClF3N6O7S2/c1-32(12-13-32)53(48,49)43-30(46)33-17-19(33)8-6-4-5-7-14-44(2)31(47)40-21(28(45)42-33)11-15-51-24-16-22(29-41-25(18-52-29)34(36,37)38)39-27-20(24)9-10-23(50-3)26(27)35/h6,8-10,16,18-19,21H,4-5,7,11-15,17H2,1-3H3,(H,40,47)(H,42,45)(H,43,46)/t19-,21+,33-/m1/s1. The Morgan fingerprint density at radius 3 is 2.62 bits per heavy atom. The third kappa shape index (κ3) is 8.04. The van der Waals surface area contributed by atoms with Crippen molar-refractivity contribution in [2.75, 3.05) is 27.3 Å². The van der Waals surface area contributed by atoms with Gasteiger partial charge >= 0.3 is 12.2 Å². The smallest absolute Gasteiger partial charge is 0.434 e. The van der Waals surface area contributed by atoms with Crippen molar-refractivity contribution in [2.24, 2.45) is 5.92 Å². The number of hydrogen-bond donors (Lipinski definition) is 3. The van der Waals surface area contributed by atoms with Crippen LogP contribution in [-0.4, -0.2) is 84.8 Å². The van der Waals surface area contributed by atoms with Crippen LogP contribution >= 0.6 is 22.9 Å². The zero-order valence-electron chi connectivity index (χ0n) is 29.0. The number of ether oxygens (including phenoxy) is 2. The molecule has 2 saturated carbocycles. The summed E-state index contributed by atoms with van der Waals surface area (Å²) in [6.07, 6.45) is 1.99. The van der Waals surface area contributed by atoms with Crippen molar-refractivity contribution in [3.63, 3.8) is 0 Å². The van der Waals surface area contributed by atoms with Crippen LogP contribution in [0.2, 0.25) is 5.02 Å². The van der Waals surface area contributed by atoms with Gasteiger partial charge in [-0.05, 0) is 57.6 Å². The molecular formula is C34H38ClF3N6O7S2. The Bertz CT molecular complexity index is 2070. The first-order chi connectivity index (χ1) is 25.0. The minimum absolute atomic E-state index is 0.0435. The van der Waals surface area contributed by atoms with Gasteiger partial charge in [0.05, 0.1) is 24.0 Å². The number of alkyl halides is 3. The maximum Gasteiger partial charge on any atom is 0.434 e. The van der Waals surface area contributed by atoms with Crippen molar-refractivity contribution in [2.45, 2.75) is 74.4 Å². The number of nitrogens with one attached hydrogen (secondary N) is 3. The molecule has 3 heterocycles. The van der Waals surface area contributed by atoms with Gasteiger partial charge in [0.1, 0.15) is 38.8 Å². The Labute approximate surface area is 312 Å². The van der Waals surface area contributed by atoms with E-state index >= 15 is 0 Å². The first-order valence-electron chi connectivity index (χ1n) is 16.9. The van der Waals surface area contributed by atoms with Gasteiger partial charge in [-0.25, -0.2) is 23.2 Å². The van der Waals surface area contributed by atoms with Crippen LogP contribution in [0.4, 0.5) is 18.0 Å². The van der Waals surface area contributed by atoms with Crippen LogP contribution < -0.4 is 24.8 Å². The van der Waals surface area contributed by atoms with E-state index in [0.717, 1.165) is 23.1 Å². The quantitative estimate of drug-likeness (QED) is 0.239. The fourth-order valence-electron chi connectivity index (χ4n) is 5.97. The average Bonchev–Trinajstić information content (AvgIpc) is 3.96. The predicted molar refractivity (Wildman–Crippen MR) is 191 cm³/mol. The molecule has 19 heteroatoms. The topological polar surface area (TPSA) is 169 Å². The average molecular weight is 799 g/mol. The highest BCUT2D eigenvalue weighted by Gasteiger charge is 2.62. The molecule has 0 radical (unpaired) electrons. The summed E-state index contributed by atoms with van der Waals surface area (Å²) in [5.41, 5.74) is -2.42. The molecule has 4 amide bonds. The lowest BCUT2D eigenvalue weighted by Crippen LogP contribution is -2.58. The number of allylic oxidation sites excluding steroid dienone is 1. The zero-order valence-corrected chi connectivity index (χ0v) is 31.4. The minimum atomic E-state index is -4.67. The van der Waals surface area contributed by atoms with Crippen LogP contribution in [0.5, 0.6) is 11.5 Å². The second-order valence-corrected chi connectivity index (χ2v) is 17.1. The highest BCUT2D eigenvalue weighted by Crippen LogP contribution is 2.47. The van der Waals surface area contributed by atoms with E-state index in [1.807, 2.05) is 12.2 Å². The number of pyridine rings is 1. The van der Waals surface area contributed by atoms with Gasteiger partial charge in [-0.2, -0.15) is 13.2 Å². The molecule has 286 valence electrons. The molecule has 3 aromatic rings. The fourth-order valence-corrected chi connectivity index (χ4v) is 8.36. The Morgan fingerprint density at radius 1 is 1.19 bits per heavy atom. The number of rotatable bonds is 9. The summed E-state index contributed by atoms with van der Waals surface area (Å²) >= 11 is 7.30. The number of nitrogens with zero attached hydrogens (tertiary/aromatic N) is 3. The maximum atomic E-state index is 14.0. The first kappa shape index (κ1) is 38.6. The fraction of sp³-hybridized carbons (Fsp3) is 0.500. The summed E-state index contributed by atoms with van der Waals surface area (Å²) in [4.78, 5) is 50.4. The van der Waals surface area contributed by atoms with Gasteiger partial charge in [0.25, 0.3) is 5.91 Å². The molecule has 6 rings (SSSR count). The molecule has 1 aromatic carbocycles. The lowest BCUT2D eigenvalue weighted by Gasteiger charge is -2.26. The van der Waals surface area contributed by atoms with E-state index in [4.69, 9.17) is 21.1 Å². The predicted octanol–water partition coefficient (Wildman–Crippen LogP) is 5.43. The molecule has 3 N–H and O–H groups in total. The van der Waals surface area contributed by atoms with Crippen molar-refractivity contribution >= 4 is 61.7 Å². The van der Waals surface area contributed by atoms with Crippen molar-refractivity contribution in [3.05, 3.63) is 46.4 Å². The second-order valence-electron chi connectivity index (χ2n) is 13.7. The number of urea groups is 1. The van der Waals surface area contributed by atoms with Crippen LogP contribution in [0, 0.1) is 5.92 Å². The molecule has 2 aliphatic carbocycles. The largest absolute Gasteiger partial charge is 0.495 e. The minimum Gasteiger partial charge on any atom is -0.495 e. The number of fused-ring (bicyclic) bond motifs is 2. The summed E-state index contributed by atoms with van der Waals surface area (Å²) in [7, 11) is -1.02. The summed E-state index contributed by atoms with van der Waals surface area (Å²) in [5, 5.41) is 6.76. The van der Waals surface area contributed by atoms with E-state index in [-0.39, 0.29) is 52.2 Å². The van der Waals surface area contributed by atoms with E-state index in [1.165, 1.54) is 18.1 Å². The summed E-state index contributed by atoms with van der Waals surface area (Å²) in [6.45, 7) is 1.76. The van der Waals surface area contributed by atoms with Gasteiger partial charge in [0.2, 0.25) is 15.9 Å². The highest BCUT2D eigenvalue weighted by atomic mass is 35.5. The Kier molecular flexibility index (Phi) is 10.6. The number of carbonyl (C=O) groups is 3. The molecule has 2 aromatic heterocycles. The van der Waals surface area contributed by atoms with Crippen molar-refractivity contribution in [3.8, 4) is 22.2 Å². The number of methoxy groups -OCH3 is 1. The third-order valence-corrected chi connectivity index (χ3v) is 13.2. The normalized spacial score (nSPS) is 23.3. The molecule has 1 aliphatic heterocycles. The van der Waals surface area contributed by atoms with Gasteiger partial charge in [-0.15, -0.1) is 11.3 Å². The van der Waals surface area contributed by atoms with Gasteiger partial charge in [-0.3, -0.25) is 14.3 Å². The molecule has 3 aliphatic rings. The number of benzene rings is 1. The molecular weight excluding hydrogens is 761 g/mol. The molecule has 0 unspecified atom stereocenters. The number of amides is 4. The Hall–Kier alpha value is -4.16. The number of carbonyl (C=O) groups excluding carboxylic acids is 3. The summed E-state index contributed by atoms with van der Waals surface area (Å²) in [6, 6.07) is 2.79. The van der Waals surface area contributed by atoms with Crippen molar-refractivity contribution < 1.29 is 45.4 Å². The first-order valence-corrected chi connectivity index (χ1v) is 19.6. The van der Waals surface area contributed by atoms with E-state index in [0.29, 0.717) is 37.6 Å². The van der Waals surface area contributed by atoms with E-state index < -0.39 is 62.0 Å². The van der Waals surface area contributed by atoms with Crippen molar-refractivity contribution in [1.82, 2.24) is 30.2 Å². The van der Waals surface area contributed by atoms with Gasteiger partial charge in [0, 0.05) is 42.8 Å². The maximum absolute atomic E-state index is 14.0. The number of thiazole rings is 1. The number of aromatic nitrogens is 2. The Balaban J connectivity index is 1.28. The lowest BCUT2D eigenvalue weighted by molar-refractivity contribution is -0.140. The molecule has 0 spiro atoms. The van der Waals surface area contributed by atoms with Crippen molar-refractivity contribution in [1.29, 1.82) is 0 Å². The lowest BCUT2D eigenvalue weighted by atomic mass is 10.1. The monoisotopic (exact) mass is 798 g/mol. The van der Waals surface area contributed by atoms with E-state index in [1.54, 1.807) is 26.1 Å². The van der Waals surface area contributed by atoms with Gasteiger partial charge in [-0.1, -0.05) is 23.8 Å². The third-order valence-electron chi connectivity index (χ3n) is 9.78. The molecule has 0 saturated heterocycles. The summed E-state index contributed by atoms with van der Waals surface area (Å²) in [5.74, 6) is -1.63. The molecule has 53 heavy (non-hydrogen) atoms. The zero-order chi connectivity index (χ0) is 38.3. The van der Waals surface area contributed by atoms with Crippen LogP contribution in [0.3, 0.4) is 0 Å². The van der Waals surface area contributed by atoms with E-state index in [2.05, 4.69) is 25.3 Å². The Morgan fingerprint density at radius 2 is 1.94 bits per heavy atom. The van der Waals surface area contributed by atoms with Gasteiger partial charge < -0.3 is 25.0 Å². The second kappa shape index (κ2) is 14.6. The number of sulfonamides is 1. The summed E-state index contributed by atoms with van der Waals surface area (Å²) < 4.78 is 78.7. The van der Waals surface area contributed by atoms with Crippen LogP contribution in [0.25, 0.3) is 21.6 Å². The molecule has 3 atom stereocenters. The van der Waals surface area contributed by atoms with E-state index in [9.17, 15) is 36.0 Å². The van der Waals surface area contributed by atoms with Crippen LogP contribution in [-0.2, 0) is 25.8 Å². The highest BCUT2D eigenvalue weighted by molar-refractivity contribution is 7.91. The molecule has 0 bridgehead atoms. The van der Waals surface area contributed by atoms with Gasteiger partial charge in [0.15, 0.2) is 5.69 Å². The molecule has 2 fully saturated rings.